The van der Waals surface area contributed by atoms with Crippen molar-refractivity contribution in [3.05, 3.63) is 0 Å². The summed E-state index contributed by atoms with van der Waals surface area (Å²) in [5.74, 6) is 2.34. The van der Waals surface area contributed by atoms with Crippen LogP contribution in [0.25, 0.3) is 0 Å². The first kappa shape index (κ1) is 11.8. The number of alkyl halides is 3. The molecule has 4 heteroatoms. The van der Waals surface area contributed by atoms with E-state index in [9.17, 15) is 13.2 Å². The molecular formula is C13H19F3O. The summed E-state index contributed by atoms with van der Waals surface area (Å²) in [5, 5.41) is 0. The Morgan fingerprint density at radius 2 is 1.59 bits per heavy atom. The fraction of sp³-hybridized carbons (Fsp3) is 1.00. The van der Waals surface area contributed by atoms with E-state index in [4.69, 9.17) is 4.74 Å². The lowest BCUT2D eigenvalue weighted by Crippen LogP contribution is -2.42. The van der Waals surface area contributed by atoms with E-state index in [0.717, 1.165) is 37.5 Å². The third-order valence-corrected chi connectivity index (χ3v) is 4.89. The van der Waals surface area contributed by atoms with Crippen molar-refractivity contribution in [1.82, 2.24) is 0 Å². The SMILES string of the molecule is FC(F)(F)COC1[C@@H]2C[C@@H]3CC[C@H]1C[C@@H](C3)C2. The Morgan fingerprint density at radius 1 is 0.882 bits per heavy atom. The Morgan fingerprint density at radius 3 is 2.35 bits per heavy atom. The van der Waals surface area contributed by atoms with Crippen molar-refractivity contribution in [2.24, 2.45) is 23.7 Å². The molecular weight excluding hydrogens is 229 g/mol. The molecule has 1 unspecified atom stereocenters. The predicted octanol–water partition coefficient (Wildman–Crippen LogP) is 3.78. The first-order valence-corrected chi connectivity index (χ1v) is 6.69. The van der Waals surface area contributed by atoms with Crippen LogP contribution >= 0.6 is 0 Å². The molecule has 98 valence electrons. The van der Waals surface area contributed by atoms with Crippen LogP contribution in [0.1, 0.15) is 38.5 Å². The topological polar surface area (TPSA) is 9.23 Å². The second kappa shape index (κ2) is 4.15. The van der Waals surface area contributed by atoms with E-state index >= 15 is 0 Å². The monoisotopic (exact) mass is 248 g/mol. The van der Waals surface area contributed by atoms with E-state index in [1.165, 1.54) is 12.8 Å². The quantitative estimate of drug-likeness (QED) is 0.722. The molecule has 0 N–H and O–H groups in total. The van der Waals surface area contributed by atoms with Crippen LogP contribution in [0.4, 0.5) is 13.2 Å². The Hall–Kier alpha value is -0.250. The molecule has 0 aromatic heterocycles. The molecule has 0 amide bonds. The highest BCUT2D eigenvalue weighted by Gasteiger charge is 2.46. The summed E-state index contributed by atoms with van der Waals surface area (Å²) < 4.78 is 42.0. The highest BCUT2D eigenvalue weighted by atomic mass is 19.4. The molecule has 0 aliphatic heterocycles. The third-order valence-electron chi connectivity index (χ3n) is 4.89. The standard InChI is InChI=1S/C13H19F3O/c14-13(15,16)7-17-12-10-2-1-8-3-9(5-10)6-11(12)4-8/h8-12H,1-7H2/t8-,9-,10+,11-,12?/m1/s1. The second-order valence-electron chi connectivity index (χ2n) is 6.16. The largest absolute Gasteiger partial charge is 0.411 e. The number of ether oxygens (including phenoxy) is 1. The van der Waals surface area contributed by atoms with Crippen molar-refractivity contribution in [1.29, 1.82) is 0 Å². The molecule has 0 radical (unpaired) electrons. The molecule has 0 saturated heterocycles. The third kappa shape index (κ3) is 2.47. The van der Waals surface area contributed by atoms with Crippen molar-refractivity contribution in [2.45, 2.75) is 50.8 Å². The molecule has 5 atom stereocenters. The van der Waals surface area contributed by atoms with Gasteiger partial charge in [-0.2, -0.15) is 13.2 Å². The molecule has 4 fully saturated rings. The van der Waals surface area contributed by atoms with E-state index in [-0.39, 0.29) is 6.10 Å². The molecule has 0 heterocycles. The van der Waals surface area contributed by atoms with E-state index in [1.54, 1.807) is 0 Å². The Balaban J connectivity index is 1.68. The van der Waals surface area contributed by atoms with Crippen molar-refractivity contribution in [3.8, 4) is 0 Å². The van der Waals surface area contributed by atoms with Crippen LogP contribution in [-0.2, 0) is 4.74 Å². The lowest BCUT2D eigenvalue weighted by atomic mass is 9.66. The first-order chi connectivity index (χ1) is 8.01. The fourth-order valence-corrected chi connectivity index (χ4v) is 4.45. The van der Waals surface area contributed by atoms with Gasteiger partial charge in [0.1, 0.15) is 6.61 Å². The zero-order valence-corrected chi connectivity index (χ0v) is 9.88. The smallest absolute Gasteiger partial charge is 0.368 e. The van der Waals surface area contributed by atoms with E-state index in [1.807, 2.05) is 0 Å². The Labute approximate surface area is 99.7 Å². The zero-order valence-electron chi connectivity index (χ0n) is 9.88. The molecule has 4 aliphatic carbocycles. The van der Waals surface area contributed by atoms with Gasteiger partial charge in [0, 0.05) is 0 Å². The van der Waals surface area contributed by atoms with Crippen molar-refractivity contribution < 1.29 is 17.9 Å². The van der Waals surface area contributed by atoms with Gasteiger partial charge in [-0.15, -0.1) is 0 Å². The zero-order chi connectivity index (χ0) is 12.0. The summed E-state index contributed by atoms with van der Waals surface area (Å²) >= 11 is 0. The highest BCUT2D eigenvalue weighted by molar-refractivity contribution is 4.96. The van der Waals surface area contributed by atoms with E-state index in [0.29, 0.717) is 11.8 Å². The summed E-state index contributed by atoms with van der Waals surface area (Å²) in [4.78, 5) is 0. The van der Waals surface area contributed by atoms with Crippen molar-refractivity contribution in [3.63, 3.8) is 0 Å². The Bertz CT molecular complexity index is 281. The van der Waals surface area contributed by atoms with Crippen LogP contribution in [-0.4, -0.2) is 18.9 Å². The first-order valence-electron chi connectivity index (χ1n) is 6.69. The average Bonchev–Trinajstić information content (AvgIpc) is 2.42. The minimum atomic E-state index is -4.18. The number of halogens is 3. The molecule has 4 aliphatic rings. The molecule has 0 spiro atoms. The normalized spacial score (nSPS) is 45.0. The van der Waals surface area contributed by atoms with Gasteiger partial charge in [0.05, 0.1) is 6.10 Å². The fourth-order valence-electron chi connectivity index (χ4n) is 4.45. The molecule has 17 heavy (non-hydrogen) atoms. The summed E-state index contributed by atoms with van der Waals surface area (Å²) in [6.45, 7) is -1.06. The number of fused-ring (bicyclic) bond motifs is 1. The van der Waals surface area contributed by atoms with Crippen LogP contribution in [0.3, 0.4) is 0 Å². The molecule has 0 aromatic carbocycles. The van der Waals surface area contributed by atoms with E-state index in [2.05, 4.69) is 0 Å². The molecule has 4 rings (SSSR count). The van der Waals surface area contributed by atoms with Gasteiger partial charge in [-0.25, -0.2) is 0 Å². The van der Waals surface area contributed by atoms with Crippen LogP contribution in [0.2, 0.25) is 0 Å². The lowest BCUT2D eigenvalue weighted by Gasteiger charge is -2.44. The van der Waals surface area contributed by atoms with Gasteiger partial charge >= 0.3 is 6.18 Å². The van der Waals surface area contributed by atoms with Crippen LogP contribution in [0, 0.1) is 23.7 Å². The van der Waals surface area contributed by atoms with Gasteiger partial charge in [-0.05, 0) is 55.8 Å². The predicted molar refractivity (Wildman–Crippen MR) is 57.5 cm³/mol. The maximum atomic E-state index is 12.2. The van der Waals surface area contributed by atoms with Crippen molar-refractivity contribution >= 4 is 0 Å². The van der Waals surface area contributed by atoms with E-state index < -0.39 is 12.8 Å². The average molecular weight is 248 g/mol. The maximum Gasteiger partial charge on any atom is 0.411 e. The second-order valence-corrected chi connectivity index (χ2v) is 6.16. The minimum absolute atomic E-state index is 0.113. The van der Waals surface area contributed by atoms with Gasteiger partial charge in [0.2, 0.25) is 0 Å². The maximum absolute atomic E-state index is 12.2. The highest BCUT2D eigenvalue weighted by Crippen LogP contribution is 2.52. The molecule has 4 saturated carbocycles. The van der Waals surface area contributed by atoms with Gasteiger partial charge in [0.25, 0.3) is 0 Å². The van der Waals surface area contributed by atoms with Crippen LogP contribution in [0.15, 0.2) is 0 Å². The summed E-state index contributed by atoms with van der Waals surface area (Å²) in [7, 11) is 0. The summed E-state index contributed by atoms with van der Waals surface area (Å²) in [6, 6.07) is 0. The van der Waals surface area contributed by atoms with Gasteiger partial charge in [-0.3, -0.25) is 0 Å². The molecule has 4 bridgehead atoms. The van der Waals surface area contributed by atoms with Crippen molar-refractivity contribution in [2.75, 3.05) is 6.61 Å². The minimum Gasteiger partial charge on any atom is -0.368 e. The molecule has 0 aromatic rings. The number of hydrogen-bond acceptors (Lipinski definition) is 1. The molecule has 1 nitrogen and oxygen atoms in total. The summed E-state index contributed by atoms with van der Waals surface area (Å²) in [6.07, 6.45) is 2.64. The number of rotatable bonds is 2. The van der Waals surface area contributed by atoms with Gasteiger partial charge in [-0.1, -0.05) is 6.42 Å². The van der Waals surface area contributed by atoms with Crippen LogP contribution < -0.4 is 0 Å². The van der Waals surface area contributed by atoms with Gasteiger partial charge < -0.3 is 4.74 Å². The lowest BCUT2D eigenvalue weighted by molar-refractivity contribution is -0.203. The van der Waals surface area contributed by atoms with Gasteiger partial charge in [0.15, 0.2) is 0 Å². The summed E-state index contributed by atoms with van der Waals surface area (Å²) in [5.41, 5.74) is 0. The van der Waals surface area contributed by atoms with Crippen LogP contribution in [0.5, 0.6) is 0 Å². The Kier molecular flexibility index (Phi) is 2.88. The number of hydrogen-bond donors (Lipinski definition) is 0.